The Kier molecular flexibility index (Phi) is 8.67. The van der Waals surface area contributed by atoms with Gasteiger partial charge in [0.25, 0.3) is 11.1 Å². The van der Waals surface area contributed by atoms with Gasteiger partial charge in [-0.25, -0.2) is 4.68 Å². The van der Waals surface area contributed by atoms with Crippen LogP contribution in [0.5, 0.6) is 5.75 Å². The van der Waals surface area contributed by atoms with Gasteiger partial charge in [0.1, 0.15) is 24.6 Å². The summed E-state index contributed by atoms with van der Waals surface area (Å²) in [5.74, 6) is -0.582. The number of nitrogens with zero attached hydrogens (tertiary/aromatic N) is 3. The highest BCUT2D eigenvalue weighted by atomic mass is 79.9. The van der Waals surface area contributed by atoms with Crippen LogP contribution >= 0.6 is 43.6 Å². The zero-order chi connectivity index (χ0) is 26.5. The maximum Gasteiger partial charge on any atom is 0.326 e. The molecule has 0 N–H and O–H groups in total. The van der Waals surface area contributed by atoms with E-state index in [1.54, 1.807) is 30.0 Å². The number of carbonyl (C=O) groups is 3. The van der Waals surface area contributed by atoms with Gasteiger partial charge in [-0.15, -0.1) is 0 Å². The number of rotatable bonds is 9. The average Bonchev–Trinajstić information content (AvgIpc) is 3.41. The second-order valence-corrected chi connectivity index (χ2v) is 10.4. The minimum atomic E-state index is -0.642. The fourth-order valence-corrected chi connectivity index (χ4v) is 5.76. The normalized spacial score (nSPS) is 14.4. The Morgan fingerprint density at radius 3 is 2.51 bits per heavy atom. The number of amides is 2. The molecule has 3 aromatic rings. The van der Waals surface area contributed by atoms with Crippen LogP contribution in [0.4, 0.5) is 4.79 Å². The summed E-state index contributed by atoms with van der Waals surface area (Å²) in [5.41, 5.74) is 2.76. The second kappa shape index (κ2) is 11.9. The molecule has 1 saturated heterocycles. The topological polar surface area (TPSA) is 90.7 Å². The number of imide groups is 1. The Hall–Kier alpha value is -3.15. The Bertz CT molecular complexity index is 1380. The lowest BCUT2D eigenvalue weighted by atomic mass is 10.1. The van der Waals surface area contributed by atoms with Crippen molar-refractivity contribution in [2.75, 3.05) is 19.8 Å². The van der Waals surface area contributed by atoms with E-state index in [2.05, 4.69) is 38.4 Å². The van der Waals surface area contributed by atoms with Crippen LogP contribution in [-0.4, -0.2) is 51.6 Å². The Morgan fingerprint density at radius 2 is 1.86 bits per heavy atom. The number of aromatic nitrogens is 2. The highest BCUT2D eigenvalue weighted by Crippen LogP contribution is 2.40. The first-order chi connectivity index (χ1) is 17.8. The fraction of sp³-hybridized carbons (Fsp3) is 0.154. The van der Waals surface area contributed by atoms with Crippen molar-refractivity contribution in [1.82, 2.24) is 14.7 Å². The zero-order valence-electron chi connectivity index (χ0n) is 19.6. The number of hydrogen-bond acceptors (Lipinski definition) is 7. The summed E-state index contributed by atoms with van der Waals surface area (Å²) >= 11 is 7.89. The maximum atomic E-state index is 13.0. The predicted octanol–water partition coefficient (Wildman–Crippen LogP) is 6.23. The van der Waals surface area contributed by atoms with Crippen LogP contribution < -0.4 is 4.74 Å². The number of esters is 1. The van der Waals surface area contributed by atoms with Crippen LogP contribution in [0.25, 0.3) is 23.0 Å². The lowest BCUT2D eigenvalue weighted by Crippen LogP contribution is -2.34. The lowest BCUT2D eigenvalue weighted by molar-refractivity contribution is -0.145. The monoisotopic (exact) mass is 645 g/mol. The number of hydrogen-bond donors (Lipinski definition) is 0. The van der Waals surface area contributed by atoms with Crippen molar-refractivity contribution in [3.63, 3.8) is 0 Å². The maximum absolute atomic E-state index is 13.0. The molecule has 0 spiro atoms. The minimum absolute atomic E-state index is 0.162. The smallest absolute Gasteiger partial charge is 0.326 e. The molecule has 1 aromatic heterocycles. The third-order valence-corrected chi connectivity index (χ3v) is 7.22. The van der Waals surface area contributed by atoms with E-state index in [9.17, 15) is 14.4 Å². The van der Waals surface area contributed by atoms with Crippen LogP contribution in [0.2, 0.25) is 0 Å². The lowest BCUT2D eigenvalue weighted by Gasteiger charge is -2.11. The van der Waals surface area contributed by atoms with Crippen molar-refractivity contribution < 1.29 is 23.9 Å². The van der Waals surface area contributed by atoms with Crippen LogP contribution in [0.1, 0.15) is 12.5 Å². The Morgan fingerprint density at radius 1 is 1.16 bits per heavy atom. The van der Waals surface area contributed by atoms with E-state index in [4.69, 9.17) is 14.6 Å². The van der Waals surface area contributed by atoms with Gasteiger partial charge in [0.05, 0.1) is 26.1 Å². The van der Waals surface area contributed by atoms with E-state index >= 15 is 0 Å². The highest BCUT2D eigenvalue weighted by molar-refractivity contribution is 9.11. The standard InChI is InChI=1S/C26H21Br2N3O5S/c1-3-10-36-24-19(27)11-16(12-20(24)28)23-17(14-31(29-23)18-8-6-5-7-9-18)13-21-25(33)30(26(34)37-21)15-22(32)35-4-2/h3,5-9,11-14H,1,4,10,15H2,2H3/b21-13-. The van der Waals surface area contributed by atoms with Gasteiger partial charge in [0.15, 0.2) is 0 Å². The SMILES string of the molecule is C=CCOc1c(Br)cc(-c2nn(-c3ccccc3)cc2/C=C2\SC(=O)N(CC(=O)OCC)C2=O)cc1Br. The van der Waals surface area contributed by atoms with E-state index in [-0.39, 0.29) is 11.5 Å². The average molecular weight is 647 g/mol. The first-order valence-electron chi connectivity index (χ1n) is 11.1. The molecule has 11 heteroatoms. The molecule has 2 aromatic carbocycles. The van der Waals surface area contributed by atoms with Gasteiger partial charge < -0.3 is 9.47 Å². The van der Waals surface area contributed by atoms with Gasteiger partial charge in [0.2, 0.25) is 0 Å². The van der Waals surface area contributed by atoms with Crippen LogP contribution in [-0.2, 0) is 14.3 Å². The first-order valence-corrected chi connectivity index (χ1v) is 13.5. The molecule has 1 aliphatic rings. The highest BCUT2D eigenvalue weighted by Gasteiger charge is 2.37. The molecule has 37 heavy (non-hydrogen) atoms. The summed E-state index contributed by atoms with van der Waals surface area (Å²) in [6.07, 6.45) is 5.05. The van der Waals surface area contributed by atoms with Crippen molar-refractivity contribution in [3.8, 4) is 22.7 Å². The molecule has 0 atom stereocenters. The quantitative estimate of drug-likeness (QED) is 0.155. The molecule has 2 amide bonds. The van der Waals surface area contributed by atoms with E-state index < -0.39 is 23.7 Å². The van der Waals surface area contributed by atoms with Gasteiger partial charge in [0, 0.05) is 17.3 Å². The van der Waals surface area contributed by atoms with Crippen LogP contribution in [0.15, 0.2) is 75.2 Å². The number of thioether (sulfide) groups is 1. The van der Waals surface area contributed by atoms with Gasteiger partial charge in [-0.05, 0) is 80.9 Å². The number of carbonyl (C=O) groups excluding carboxylic acids is 3. The molecule has 4 rings (SSSR count). The minimum Gasteiger partial charge on any atom is -0.487 e. The molecular weight excluding hydrogens is 626 g/mol. The summed E-state index contributed by atoms with van der Waals surface area (Å²) in [6, 6.07) is 13.3. The zero-order valence-corrected chi connectivity index (χ0v) is 23.6. The fourth-order valence-electron chi connectivity index (χ4n) is 3.52. The van der Waals surface area contributed by atoms with Crippen LogP contribution in [0.3, 0.4) is 0 Å². The van der Waals surface area contributed by atoms with Gasteiger partial charge in [-0.3, -0.25) is 19.3 Å². The largest absolute Gasteiger partial charge is 0.487 e. The molecule has 190 valence electrons. The summed E-state index contributed by atoms with van der Waals surface area (Å²) in [6.45, 7) is 5.40. The van der Waals surface area contributed by atoms with E-state index in [1.165, 1.54) is 0 Å². The molecule has 0 radical (unpaired) electrons. The van der Waals surface area contributed by atoms with Gasteiger partial charge in [-0.1, -0.05) is 30.9 Å². The first kappa shape index (κ1) is 26.9. The van der Waals surface area contributed by atoms with Crippen molar-refractivity contribution in [2.45, 2.75) is 6.92 Å². The third kappa shape index (κ3) is 6.06. The Labute approximate surface area is 234 Å². The number of ether oxygens (including phenoxy) is 2. The molecular formula is C26H21Br2N3O5S. The molecule has 1 aliphatic heterocycles. The summed E-state index contributed by atoms with van der Waals surface area (Å²) in [7, 11) is 0. The van der Waals surface area contributed by atoms with E-state index in [0.29, 0.717) is 32.6 Å². The van der Waals surface area contributed by atoms with E-state index in [1.807, 2.05) is 42.5 Å². The molecule has 0 saturated carbocycles. The number of para-hydroxylation sites is 1. The molecule has 0 aliphatic carbocycles. The molecule has 2 heterocycles. The van der Waals surface area contributed by atoms with Gasteiger partial charge in [-0.2, -0.15) is 5.10 Å². The summed E-state index contributed by atoms with van der Waals surface area (Å²) < 4.78 is 13.7. The third-order valence-electron chi connectivity index (χ3n) is 5.13. The van der Waals surface area contributed by atoms with E-state index in [0.717, 1.165) is 27.9 Å². The van der Waals surface area contributed by atoms with Crippen molar-refractivity contribution in [2.24, 2.45) is 0 Å². The molecule has 1 fully saturated rings. The second-order valence-electron chi connectivity index (χ2n) is 7.65. The van der Waals surface area contributed by atoms with Gasteiger partial charge >= 0.3 is 5.97 Å². The number of benzene rings is 2. The van der Waals surface area contributed by atoms with Crippen molar-refractivity contribution >= 4 is 66.8 Å². The van der Waals surface area contributed by atoms with Crippen molar-refractivity contribution in [1.29, 1.82) is 0 Å². The van der Waals surface area contributed by atoms with Crippen molar-refractivity contribution in [3.05, 3.63) is 80.7 Å². The summed E-state index contributed by atoms with van der Waals surface area (Å²) in [5, 5.41) is 4.25. The Balaban J connectivity index is 1.76. The predicted molar refractivity (Wildman–Crippen MR) is 149 cm³/mol. The van der Waals surface area contributed by atoms with Crippen LogP contribution in [0, 0.1) is 0 Å². The molecule has 8 nitrogen and oxygen atoms in total. The molecule has 0 unspecified atom stereocenters. The number of halogens is 2. The summed E-state index contributed by atoms with van der Waals surface area (Å²) in [4.78, 5) is 38.4. The molecule has 0 bridgehead atoms.